The van der Waals surface area contributed by atoms with Crippen molar-refractivity contribution in [1.82, 2.24) is 0 Å². The minimum absolute atomic E-state index is 1.09. The average Bonchev–Trinajstić information content (AvgIpc) is 2.75. The molecular weight excluding hydrogens is 364 g/mol. The third kappa shape index (κ3) is 4.55. The Hall–Kier alpha value is -3.52. The molecular formula is C28H28N2. The molecule has 0 saturated heterocycles. The van der Waals surface area contributed by atoms with E-state index in [4.69, 9.17) is 0 Å². The Morgan fingerprint density at radius 3 is 1.03 bits per heavy atom. The van der Waals surface area contributed by atoms with Crippen molar-refractivity contribution in [2.45, 2.75) is 27.7 Å². The molecule has 2 heteroatoms. The third-order valence-electron chi connectivity index (χ3n) is 5.69. The van der Waals surface area contributed by atoms with Gasteiger partial charge in [0.25, 0.3) is 0 Å². The zero-order valence-corrected chi connectivity index (χ0v) is 18.1. The van der Waals surface area contributed by atoms with Crippen LogP contribution in [0.15, 0.2) is 84.9 Å². The molecule has 0 unspecified atom stereocenters. The van der Waals surface area contributed by atoms with E-state index in [1.54, 1.807) is 0 Å². The average molecular weight is 393 g/mol. The predicted octanol–water partition coefficient (Wildman–Crippen LogP) is 8.07. The first-order valence-corrected chi connectivity index (χ1v) is 10.4. The fraction of sp³-hybridized carbons (Fsp3) is 0.143. The lowest BCUT2D eigenvalue weighted by molar-refractivity contribution is 1.34. The molecule has 0 bridgehead atoms. The number of aryl methyl sites for hydroxylation is 4. The Morgan fingerprint density at radius 1 is 0.367 bits per heavy atom. The fourth-order valence-electron chi connectivity index (χ4n) is 3.46. The molecule has 2 N–H and O–H groups in total. The van der Waals surface area contributed by atoms with Gasteiger partial charge >= 0.3 is 0 Å². The van der Waals surface area contributed by atoms with Crippen LogP contribution < -0.4 is 10.6 Å². The van der Waals surface area contributed by atoms with Crippen LogP contribution in [0.25, 0.3) is 11.1 Å². The molecule has 0 amide bonds. The van der Waals surface area contributed by atoms with Gasteiger partial charge in [0.05, 0.1) is 0 Å². The highest BCUT2D eigenvalue weighted by Gasteiger charge is 2.02. The van der Waals surface area contributed by atoms with Crippen molar-refractivity contribution >= 4 is 22.7 Å². The molecule has 4 aromatic carbocycles. The van der Waals surface area contributed by atoms with Gasteiger partial charge in [0, 0.05) is 22.7 Å². The first-order chi connectivity index (χ1) is 14.5. The van der Waals surface area contributed by atoms with Gasteiger partial charge in [-0.05, 0) is 110 Å². The highest BCUT2D eigenvalue weighted by molar-refractivity contribution is 5.71. The molecule has 0 saturated carbocycles. The third-order valence-corrected chi connectivity index (χ3v) is 5.69. The highest BCUT2D eigenvalue weighted by Crippen LogP contribution is 2.27. The zero-order valence-electron chi connectivity index (χ0n) is 18.1. The fourth-order valence-corrected chi connectivity index (χ4v) is 3.46. The Morgan fingerprint density at radius 2 is 0.700 bits per heavy atom. The predicted molar refractivity (Wildman–Crippen MR) is 130 cm³/mol. The Balaban J connectivity index is 1.44. The SMILES string of the molecule is Cc1ccc(Nc2ccc(-c3ccc(Nc4ccc(C)c(C)c4)cc3)cc2)cc1C. The van der Waals surface area contributed by atoms with E-state index in [1.165, 1.54) is 33.4 Å². The normalized spacial score (nSPS) is 10.7. The molecule has 0 aliphatic carbocycles. The second-order valence-corrected chi connectivity index (χ2v) is 8.00. The Kier molecular flexibility index (Phi) is 5.58. The van der Waals surface area contributed by atoms with Crippen molar-refractivity contribution in [2.75, 3.05) is 10.6 Å². The standard InChI is InChI=1S/C28H28N2/c1-19-5-11-27(17-21(19)3)29-25-13-7-23(8-14-25)24-9-15-26(16-10-24)30-28-12-6-20(2)22(4)18-28/h5-18,29-30H,1-4H3. The minimum atomic E-state index is 1.09. The van der Waals surface area contributed by atoms with Crippen molar-refractivity contribution < 1.29 is 0 Å². The number of nitrogens with one attached hydrogen (secondary N) is 2. The summed E-state index contributed by atoms with van der Waals surface area (Å²) in [7, 11) is 0. The van der Waals surface area contributed by atoms with Gasteiger partial charge in [-0.1, -0.05) is 36.4 Å². The van der Waals surface area contributed by atoms with E-state index in [-0.39, 0.29) is 0 Å². The second-order valence-electron chi connectivity index (χ2n) is 8.00. The van der Waals surface area contributed by atoms with Crippen LogP contribution in [0.4, 0.5) is 22.7 Å². The summed E-state index contributed by atoms with van der Waals surface area (Å²) in [4.78, 5) is 0. The van der Waals surface area contributed by atoms with Gasteiger partial charge in [-0.2, -0.15) is 0 Å². The monoisotopic (exact) mass is 392 g/mol. The summed E-state index contributed by atoms with van der Waals surface area (Å²) < 4.78 is 0. The summed E-state index contributed by atoms with van der Waals surface area (Å²) in [5.41, 5.74) is 12.1. The van der Waals surface area contributed by atoms with E-state index >= 15 is 0 Å². The second kappa shape index (κ2) is 8.46. The zero-order chi connectivity index (χ0) is 21.1. The van der Waals surface area contributed by atoms with Crippen molar-refractivity contribution in [3.63, 3.8) is 0 Å². The van der Waals surface area contributed by atoms with Gasteiger partial charge < -0.3 is 10.6 Å². The van der Waals surface area contributed by atoms with Gasteiger partial charge in [0.15, 0.2) is 0 Å². The molecule has 0 atom stereocenters. The van der Waals surface area contributed by atoms with E-state index in [0.717, 1.165) is 22.7 Å². The van der Waals surface area contributed by atoms with Gasteiger partial charge in [-0.15, -0.1) is 0 Å². The van der Waals surface area contributed by atoms with E-state index in [1.807, 2.05) is 0 Å². The number of hydrogen-bond donors (Lipinski definition) is 2. The molecule has 4 aromatic rings. The van der Waals surface area contributed by atoms with Crippen LogP contribution in [-0.2, 0) is 0 Å². The van der Waals surface area contributed by atoms with E-state index in [9.17, 15) is 0 Å². The maximum Gasteiger partial charge on any atom is 0.0387 e. The summed E-state index contributed by atoms with van der Waals surface area (Å²) in [5, 5.41) is 6.97. The minimum Gasteiger partial charge on any atom is -0.356 e. The van der Waals surface area contributed by atoms with Gasteiger partial charge in [-0.3, -0.25) is 0 Å². The first kappa shape index (κ1) is 19.8. The number of hydrogen-bond acceptors (Lipinski definition) is 2. The molecule has 0 radical (unpaired) electrons. The van der Waals surface area contributed by atoms with Crippen LogP contribution in [0.2, 0.25) is 0 Å². The molecule has 0 heterocycles. The largest absolute Gasteiger partial charge is 0.356 e. The van der Waals surface area contributed by atoms with Crippen LogP contribution >= 0.6 is 0 Å². The molecule has 0 aromatic heterocycles. The quantitative estimate of drug-likeness (QED) is 0.359. The topological polar surface area (TPSA) is 24.1 Å². The first-order valence-electron chi connectivity index (χ1n) is 10.4. The molecule has 4 rings (SSSR count). The molecule has 0 fully saturated rings. The van der Waals surface area contributed by atoms with Crippen molar-refractivity contribution in [3.05, 3.63) is 107 Å². The number of rotatable bonds is 5. The summed E-state index contributed by atoms with van der Waals surface area (Å²) in [6, 6.07) is 30.1. The smallest absolute Gasteiger partial charge is 0.0387 e. The van der Waals surface area contributed by atoms with Crippen molar-refractivity contribution in [2.24, 2.45) is 0 Å². The highest BCUT2D eigenvalue weighted by atomic mass is 14.9. The van der Waals surface area contributed by atoms with Crippen LogP contribution in [0.5, 0.6) is 0 Å². The molecule has 2 nitrogen and oxygen atoms in total. The van der Waals surface area contributed by atoms with Crippen molar-refractivity contribution in [3.8, 4) is 11.1 Å². The summed E-state index contributed by atoms with van der Waals surface area (Å²) in [6.07, 6.45) is 0. The summed E-state index contributed by atoms with van der Waals surface area (Å²) >= 11 is 0. The molecule has 0 spiro atoms. The van der Waals surface area contributed by atoms with Crippen LogP contribution in [0.1, 0.15) is 22.3 Å². The Bertz CT molecular complexity index is 1060. The lowest BCUT2D eigenvalue weighted by Crippen LogP contribution is -1.92. The van der Waals surface area contributed by atoms with E-state index < -0.39 is 0 Å². The maximum atomic E-state index is 3.49. The van der Waals surface area contributed by atoms with Gasteiger partial charge in [0.1, 0.15) is 0 Å². The van der Waals surface area contributed by atoms with Crippen LogP contribution in [-0.4, -0.2) is 0 Å². The Labute approximate surface area is 179 Å². The van der Waals surface area contributed by atoms with Crippen LogP contribution in [0, 0.1) is 27.7 Å². The van der Waals surface area contributed by atoms with Gasteiger partial charge in [0.2, 0.25) is 0 Å². The van der Waals surface area contributed by atoms with Crippen LogP contribution in [0.3, 0.4) is 0 Å². The van der Waals surface area contributed by atoms with E-state index in [2.05, 4.69) is 123 Å². The van der Waals surface area contributed by atoms with E-state index in [0.29, 0.717) is 0 Å². The molecule has 0 aliphatic heterocycles. The maximum absolute atomic E-state index is 3.49. The van der Waals surface area contributed by atoms with Gasteiger partial charge in [-0.25, -0.2) is 0 Å². The lowest BCUT2D eigenvalue weighted by Gasteiger charge is -2.11. The number of anilines is 4. The molecule has 0 aliphatic rings. The summed E-state index contributed by atoms with van der Waals surface area (Å²) in [5.74, 6) is 0. The lowest BCUT2D eigenvalue weighted by atomic mass is 10.0. The molecule has 150 valence electrons. The molecule has 30 heavy (non-hydrogen) atoms. The summed E-state index contributed by atoms with van der Waals surface area (Å²) in [6.45, 7) is 8.55. The number of benzene rings is 4. The van der Waals surface area contributed by atoms with Crippen molar-refractivity contribution in [1.29, 1.82) is 0 Å².